The monoisotopic (exact) mass is 298 g/mol. The standard InChI is InChI=1S/C17H18N2O3/c1-2-13-7-9-15(10-8-13)22-12-17(21)19-18-11-14-5-3-4-6-16(14)20/h3-11,20H,2,12H2,1H3,(H,19,21)/b18-11+. The van der Waals surface area contributed by atoms with Gasteiger partial charge in [-0.3, -0.25) is 4.79 Å². The van der Waals surface area contributed by atoms with Gasteiger partial charge in [0.2, 0.25) is 0 Å². The number of aromatic hydroxyl groups is 1. The number of amides is 1. The summed E-state index contributed by atoms with van der Waals surface area (Å²) in [6.45, 7) is 1.95. The first-order valence-electron chi connectivity index (χ1n) is 7.00. The Morgan fingerprint density at radius 1 is 1.23 bits per heavy atom. The lowest BCUT2D eigenvalue weighted by molar-refractivity contribution is -0.123. The van der Waals surface area contributed by atoms with Crippen LogP contribution in [0.5, 0.6) is 11.5 Å². The van der Waals surface area contributed by atoms with Gasteiger partial charge in [-0.1, -0.05) is 31.2 Å². The highest BCUT2D eigenvalue weighted by Crippen LogP contribution is 2.13. The van der Waals surface area contributed by atoms with E-state index in [0.717, 1.165) is 6.42 Å². The van der Waals surface area contributed by atoms with Crippen LogP contribution in [0.4, 0.5) is 0 Å². The van der Waals surface area contributed by atoms with Crippen LogP contribution in [-0.2, 0) is 11.2 Å². The third kappa shape index (κ3) is 4.63. The number of phenols is 1. The number of aryl methyl sites for hydroxylation is 1. The van der Waals surface area contributed by atoms with Crippen LogP contribution in [0.15, 0.2) is 53.6 Å². The Hall–Kier alpha value is -2.82. The molecule has 0 saturated carbocycles. The van der Waals surface area contributed by atoms with E-state index >= 15 is 0 Å². The third-order valence-corrected chi connectivity index (χ3v) is 3.03. The van der Waals surface area contributed by atoms with Crippen LogP contribution >= 0.6 is 0 Å². The average Bonchev–Trinajstić information content (AvgIpc) is 2.55. The van der Waals surface area contributed by atoms with Crippen molar-refractivity contribution in [2.24, 2.45) is 5.10 Å². The molecule has 2 aromatic carbocycles. The molecule has 0 fully saturated rings. The lowest BCUT2D eigenvalue weighted by Gasteiger charge is -2.05. The van der Waals surface area contributed by atoms with Crippen LogP contribution in [0.2, 0.25) is 0 Å². The largest absolute Gasteiger partial charge is 0.507 e. The summed E-state index contributed by atoms with van der Waals surface area (Å²) in [7, 11) is 0. The minimum Gasteiger partial charge on any atom is -0.507 e. The SMILES string of the molecule is CCc1ccc(OCC(=O)N/N=C/c2ccccc2O)cc1. The Bertz CT molecular complexity index is 651. The second kappa shape index (κ2) is 7.83. The lowest BCUT2D eigenvalue weighted by Crippen LogP contribution is -2.24. The van der Waals surface area contributed by atoms with Crippen LogP contribution in [0.3, 0.4) is 0 Å². The summed E-state index contributed by atoms with van der Waals surface area (Å²) < 4.78 is 5.36. The van der Waals surface area contributed by atoms with Crippen molar-refractivity contribution in [3.05, 3.63) is 59.7 Å². The number of benzene rings is 2. The van der Waals surface area contributed by atoms with Crippen molar-refractivity contribution in [3.8, 4) is 11.5 Å². The van der Waals surface area contributed by atoms with E-state index in [4.69, 9.17) is 4.74 Å². The first-order valence-corrected chi connectivity index (χ1v) is 7.00. The van der Waals surface area contributed by atoms with E-state index in [0.29, 0.717) is 11.3 Å². The Morgan fingerprint density at radius 3 is 2.64 bits per heavy atom. The minimum absolute atomic E-state index is 0.104. The Balaban J connectivity index is 1.79. The number of hydrogen-bond acceptors (Lipinski definition) is 4. The summed E-state index contributed by atoms with van der Waals surface area (Å²) in [6.07, 6.45) is 2.34. The van der Waals surface area contributed by atoms with Gasteiger partial charge in [-0.25, -0.2) is 5.43 Å². The van der Waals surface area contributed by atoms with E-state index < -0.39 is 0 Å². The van der Waals surface area contributed by atoms with Gasteiger partial charge in [-0.05, 0) is 36.2 Å². The number of ether oxygens (including phenoxy) is 1. The highest BCUT2D eigenvalue weighted by Gasteiger charge is 2.02. The predicted molar refractivity (Wildman–Crippen MR) is 85.2 cm³/mol. The molecule has 0 radical (unpaired) electrons. The molecule has 5 heteroatoms. The summed E-state index contributed by atoms with van der Waals surface area (Å²) in [4.78, 5) is 11.6. The van der Waals surface area contributed by atoms with Crippen LogP contribution < -0.4 is 10.2 Å². The number of carbonyl (C=O) groups excluding carboxylic acids is 1. The Kier molecular flexibility index (Phi) is 5.54. The zero-order valence-electron chi connectivity index (χ0n) is 12.3. The molecule has 5 nitrogen and oxygen atoms in total. The third-order valence-electron chi connectivity index (χ3n) is 3.03. The quantitative estimate of drug-likeness (QED) is 0.636. The molecule has 0 bridgehead atoms. The van der Waals surface area contributed by atoms with Gasteiger partial charge in [-0.2, -0.15) is 5.10 Å². The van der Waals surface area contributed by atoms with Gasteiger partial charge in [0.25, 0.3) is 5.91 Å². The number of rotatable bonds is 6. The molecule has 1 amide bonds. The molecule has 0 aliphatic heterocycles. The number of hydrazone groups is 1. The number of phenolic OH excluding ortho intramolecular Hbond substituents is 1. The first-order chi connectivity index (χ1) is 10.7. The van der Waals surface area contributed by atoms with Crippen LogP contribution in [0, 0.1) is 0 Å². The molecule has 114 valence electrons. The summed E-state index contributed by atoms with van der Waals surface area (Å²) in [5, 5.41) is 13.3. The molecule has 0 aliphatic rings. The van der Waals surface area contributed by atoms with Crippen molar-refractivity contribution < 1.29 is 14.6 Å². The number of nitrogens with zero attached hydrogens (tertiary/aromatic N) is 1. The van der Waals surface area contributed by atoms with Crippen molar-refractivity contribution >= 4 is 12.1 Å². The normalized spacial score (nSPS) is 10.6. The number of para-hydroxylation sites is 1. The first kappa shape index (κ1) is 15.6. The van der Waals surface area contributed by atoms with Crippen molar-refractivity contribution in [2.45, 2.75) is 13.3 Å². The van der Waals surface area contributed by atoms with Gasteiger partial charge in [0.15, 0.2) is 6.61 Å². The van der Waals surface area contributed by atoms with Crippen molar-refractivity contribution in [1.82, 2.24) is 5.43 Å². The van der Waals surface area contributed by atoms with Gasteiger partial charge >= 0.3 is 0 Å². The van der Waals surface area contributed by atoms with Crippen LogP contribution in [0.1, 0.15) is 18.1 Å². The molecular weight excluding hydrogens is 280 g/mol. The number of nitrogens with one attached hydrogen (secondary N) is 1. The van der Waals surface area contributed by atoms with E-state index in [2.05, 4.69) is 17.5 Å². The van der Waals surface area contributed by atoms with Gasteiger partial charge in [0, 0.05) is 5.56 Å². The maximum atomic E-state index is 11.6. The molecule has 2 N–H and O–H groups in total. The highest BCUT2D eigenvalue weighted by atomic mass is 16.5. The molecule has 2 rings (SSSR count). The second-order valence-corrected chi connectivity index (χ2v) is 4.64. The fourth-order valence-corrected chi connectivity index (χ4v) is 1.77. The summed E-state index contributed by atoms with van der Waals surface area (Å²) in [6, 6.07) is 14.3. The van der Waals surface area contributed by atoms with E-state index in [1.165, 1.54) is 11.8 Å². The molecule has 0 aliphatic carbocycles. The number of hydrogen-bond donors (Lipinski definition) is 2. The maximum absolute atomic E-state index is 11.6. The highest BCUT2D eigenvalue weighted by molar-refractivity contribution is 5.85. The molecule has 22 heavy (non-hydrogen) atoms. The summed E-state index contributed by atoms with van der Waals surface area (Å²) in [5.74, 6) is 0.371. The van der Waals surface area contributed by atoms with E-state index in [9.17, 15) is 9.90 Å². The zero-order valence-corrected chi connectivity index (χ0v) is 12.3. The molecule has 0 unspecified atom stereocenters. The Labute approximate surface area is 129 Å². The van der Waals surface area contributed by atoms with Crippen LogP contribution in [-0.4, -0.2) is 23.8 Å². The van der Waals surface area contributed by atoms with Crippen molar-refractivity contribution in [1.29, 1.82) is 0 Å². The topological polar surface area (TPSA) is 70.9 Å². The van der Waals surface area contributed by atoms with Gasteiger partial charge in [0.05, 0.1) is 6.21 Å². The Morgan fingerprint density at radius 2 is 1.95 bits per heavy atom. The van der Waals surface area contributed by atoms with E-state index in [1.54, 1.807) is 24.3 Å². The maximum Gasteiger partial charge on any atom is 0.277 e. The van der Waals surface area contributed by atoms with Gasteiger partial charge < -0.3 is 9.84 Å². The smallest absolute Gasteiger partial charge is 0.277 e. The average molecular weight is 298 g/mol. The fourth-order valence-electron chi connectivity index (χ4n) is 1.77. The molecule has 0 saturated heterocycles. The van der Waals surface area contributed by atoms with Crippen LogP contribution in [0.25, 0.3) is 0 Å². The lowest BCUT2D eigenvalue weighted by atomic mass is 10.2. The number of carbonyl (C=O) groups is 1. The summed E-state index contributed by atoms with van der Waals surface area (Å²) in [5.41, 5.74) is 4.08. The second-order valence-electron chi connectivity index (χ2n) is 4.64. The zero-order chi connectivity index (χ0) is 15.8. The van der Waals surface area contributed by atoms with E-state index in [1.807, 2.05) is 24.3 Å². The van der Waals surface area contributed by atoms with Gasteiger partial charge in [0.1, 0.15) is 11.5 Å². The molecular formula is C17H18N2O3. The molecule has 0 atom stereocenters. The molecule has 2 aromatic rings. The van der Waals surface area contributed by atoms with Gasteiger partial charge in [-0.15, -0.1) is 0 Å². The van der Waals surface area contributed by atoms with Crippen molar-refractivity contribution in [2.75, 3.05) is 6.61 Å². The predicted octanol–water partition coefficient (Wildman–Crippen LogP) is 2.48. The fraction of sp³-hybridized carbons (Fsp3) is 0.176. The molecule has 0 aromatic heterocycles. The van der Waals surface area contributed by atoms with Crippen molar-refractivity contribution in [3.63, 3.8) is 0 Å². The molecule has 0 heterocycles. The molecule has 0 spiro atoms. The van der Waals surface area contributed by atoms with E-state index in [-0.39, 0.29) is 18.3 Å². The minimum atomic E-state index is -0.369. The summed E-state index contributed by atoms with van der Waals surface area (Å²) >= 11 is 0.